The largest absolute Gasteiger partial charge is 0.497 e. The Morgan fingerprint density at radius 2 is 2.14 bits per heavy atom. The standard InChI is InChI=1S/C18H26N2O2/c1-14(16-6-8-17(22-3)9-7-16)11-18(21)20-10-4-5-15(13-20)12-19-2/h6-9,11,15,19H,4-5,10,12-13H2,1-3H3/b14-11+. The fourth-order valence-corrected chi connectivity index (χ4v) is 2.93. The molecule has 1 saturated heterocycles. The number of rotatable bonds is 5. The minimum atomic E-state index is 0.120. The highest BCUT2D eigenvalue weighted by molar-refractivity contribution is 5.94. The molecule has 1 aliphatic rings. The van der Waals surface area contributed by atoms with Gasteiger partial charge in [0.15, 0.2) is 0 Å². The summed E-state index contributed by atoms with van der Waals surface area (Å²) in [6, 6.07) is 7.80. The molecule has 1 amide bonds. The molecule has 4 heteroatoms. The number of benzene rings is 1. The highest BCUT2D eigenvalue weighted by Crippen LogP contribution is 2.20. The Labute approximate surface area is 133 Å². The Balaban J connectivity index is 2.01. The van der Waals surface area contributed by atoms with Crippen molar-refractivity contribution >= 4 is 11.5 Å². The van der Waals surface area contributed by atoms with Crippen LogP contribution in [0.5, 0.6) is 5.75 Å². The molecule has 22 heavy (non-hydrogen) atoms. The highest BCUT2D eigenvalue weighted by Gasteiger charge is 2.22. The van der Waals surface area contributed by atoms with E-state index in [2.05, 4.69) is 5.32 Å². The van der Waals surface area contributed by atoms with E-state index >= 15 is 0 Å². The quantitative estimate of drug-likeness (QED) is 0.850. The topological polar surface area (TPSA) is 41.6 Å². The molecule has 1 aromatic carbocycles. The average molecular weight is 302 g/mol. The molecule has 1 aliphatic heterocycles. The number of piperidine rings is 1. The Kier molecular flexibility index (Phi) is 6.01. The second-order valence-corrected chi connectivity index (χ2v) is 5.91. The normalized spacial score (nSPS) is 19.1. The van der Waals surface area contributed by atoms with Gasteiger partial charge in [0, 0.05) is 19.2 Å². The number of nitrogens with one attached hydrogen (secondary N) is 1. The van der Waals surface area contributed by atoms with Crippen molar-refractivity contribution < 1.29 is 9.53 Å². The minimum absolute atomic E-state index is 0.120. The second kappa shape index (κ2) is 7.99. The maximum absolute atomic E-state index is 12.5. The lowest BCUT2D eigenvalue weighted by atomic mass is 9.97. The van der Waals surface area contributed by atoms with Crippen molar-refractivity contribution in [3.05, 3.63) is 35.9 Å². The Morgan fingerprint density at radius 3 is 2.77 bits per heavy atom. The fourth-order valence-electron chi connectivity index (χ4n) is 2.93. The summed E-state index contributed by atoms with van der Waals surface area (Å²) in [6.45, 7) is 4.68. The molecule has 0 aliphatic carbocycles. The fraction of sp³-hybridized carbons (Fsp3) is 0.500. The average Bonchev–Trinajstić information content (AvgIpc) is 2.55. The molecule has 4 nitrogen and oxygen atoms in total. The molecule has 0 spiro atoms. The molecule has 0 radical (unpaired) electrons. The van der Waals surface area contributed by atoms with E-state index in [4.69, 9.17) is 4.74 Å². The summed E-state index contributed by atoms with van der Waals surface area (Å²) in [5, 5.41) is 3.21. The maximum Gasteiger partial charge on any atom is 0.246 e. The van der Waals surface area contributed by atoms with Gasteiger partial charge >= 0.3 is 0 Å². The number of nitrogens with zero attached hydrogens (tertiary/aromatic N) is 1. The second-order valence-electron chi connectivity index (χ2n) is 5.91. The van der Waals surface area contributed by atoms with Gasteiger partial charge in [-0.2, -0.15) is 0 Å². The van der Waals surface area contributed by atoms with Crippen molar-refractivity contribution in [2.24, 2.45) is 5.92 Å². The van der Waals surface area contributed by atoms with E-state index in [0.29, 0.717) is 5.92 Å². The van der Waals surface area contributed by atoms with Crippen LogP contribution in [0.3, 0.4) is 0 Å². The zero-order valence-corrected chi connectivity index (χ0v) is 13.8. The van der Waals surface area contributed by atoms with E-state index in [1.807, 2.05) is 43.1 Å². The third kappa shape index (κ3) is 4.34. The number of amides is 1. The molecule has 1 heterocycles. The van der Waals surface area contributed by atoms with Crippen molar-refractivity contribution in [3.8, 4) is 5.75 Å². The van der Waals surface area contributed by atoms with Gasteiger partial charge in [0.2, 0.25) is 5.91 Å². The van der Waals surface area contributed by atoms with E-state index < -0.39 is 0 Å². The Hall–Kier alpha value is -1.81. The van der Waals surface area contributed by atoms with E-state index in [0.717, 1.165) is 42.9 Å². The van der Waals surface area contributed by atoms with Gasteiger partial charge < -0.3 is 15.0 Å². The molecule has 1 atom stereocenters. The number of allylic oxidation sites excluding steroid dienone is 1. The van der Waals surface area contributed by atoms with Crippen LogP contribution in [-0.4, -0.2) is 44.6 Å². The number of carbonyl (C=O) groups excluding carboxylic acids is 1. The number of hydrogen-bond acceptors (Lipinski definition) is 3. The predicted octanol–water partition coefficient (Wildman–Crippen LogP) is 2.56. The molecule has 1 N–H and O–H groups in total. The first kappa shape index (κ1) is 16.6. The summed E-state index contributed by atoms with van der Waals surface area (Å²) < 4.78 is 5.16. The lowest BCUT2D eigenvalue weighted by molar-refractivity contribution is -0.127. The summed E-state index contributed by atoms with van der Waals surface area (Å²) >= 11 is 0. The van der Waals surface area contributed by atoms with Crippen molar-refractivity contribution in [2.45, 2.75) is 19.8 Å². The Bertz CT molecular complexity index is 520. The van der Waals surface area contributed by atoms with Gasteiger partial charge in [0.25, 0.3) is 0 Å². The van der Waals surface area contributed by atoms with Crippen LogP contribution in [0, 0.1) is 5.92 Å². The van der Waals surface area contributed by atoms with Gasteiger partial charge in [-0.15, -0.1) is 0 Å². The summed E-state index contributed by atoms with van der Waals surface area (Å²) in [5.41, 5.74) is 2.04. The van der Waals surface area contributed by atoms with Crippen LogP contribution in [0.1, 0.15) is 25.3 Å². The summed E-state index contributed by atoms with van der Waals surface area (Å²) in [4.78, 5) is 14.4. The van der Waals surface area contributed by atoms with Crippen LogP contribution in [0.4, 0.5) is 0 Å². The molecule has 0 bridgehead atoms. The van der Waals surface area contributed by atoms with Crippen LogP contribution in [0.25, 0.3) is 5.57 Å². The van der Waals surface area contributed by atoms with Crippen molar-refractivity contribution in [1.82, 2.24) is 10.2 Å². The molecule has 1 unspecified atom stereocenters. The maximum atomic E-state index is 12.5. The van der Waals surface area contributed by atoms with Crippen molar-refractivity contribution in [2.75, 3.05) is 33.8 Å². The zero-order valence-electron chi connectivity index (χ0n) is 13.8. The van der Waals surface area contributed by atoms with Gasteiger partial charge in [0.1, 0.15) is 5.75 Å². The number of ether oxygens (including phenoxy) is 1. The molecular formula is C18H26N2O2. The molecule has 1 fully saturated rings. The molecule has 0 saturated carbocycles. The first-order valence-corrected chi connectivity index (χ1v) is 7.90. The van der Waals surface area contributed by atoms with Crippen LogP contribution in [-0.2, 0) is 4.79 Å². The van der Waals surface area contributed by atoms with Gasteiger partial charge in [-0.3, -0.25) is 4.79 Å². The molecule has 1 aromatic rings. The summed E-state index contributed by atoms with van der Waals surface area (Å²) in [5.74, 6) is 1.51. The van der Waals surface area contributed by atoms with Crippen LogP contribution in [0.15, 0.2) is 30.3 Å². The summed E-state index contributed by atoms with van der Waals surface area (Å²) in [7, 11) is 3.62. The van der Waals surface area contributed by atoms with Crippen LogP contribution < -0.4 is 10.1 Å². The van der Waals surface area contributed by atoms with Gasteiger partial charge in [0.05, 0.1) is 7.11 Å². The van der Waals surface area contributed by atoms with Crippen molar-refractivity contribution in [1.29, 1.82) is 0 Å². The molecular weight excluding hydrogens is 276 g/mol. The zero-order chi connectivity index (χ0) is 15.9. The molecule has 0 aromatic heterocycles. The van der Waals surface area contributed by atoms with E-state index in [1.54, 1.807) is 13.2 Å². The van der Waals surface area contributed by atoms with E-state index in [-0.39, 0.29) is 5.91 Å². The van der Waals surface area contributed by atoms with Crippen molar-refractivity contribution in [3.63, 3.8) is 0 Å². The third-order valence-electron chi connectivity index (χ3n) is 4.21. The molecule has 120 valence electrons. The van der Waals surface area contributed by atoms with E-state index in [1.165, 1.54) is 6.42 Å². The van der Waals surface area contributed by atoms with Gasteiger partial charge in [-0.25, -0.2) is 0 Å². The lowest BCUT2D eigenvalue weighted by Gasteiger charge is -2.32. The number of carbonyl (C=O) groups is 1. The van der Waals surface area contributed by atoms with Gasteiger partial charge in [-0.1, -0.05) is 12.1 Å². The van der Waals surface area contributed by atoms with Gasteiger partial charge in [-0.05, 0) is 62.5 Å². The number of likely N-dealkylation sites (tertiary alicyclic amines) is 1. The van der Waals surface area contributed by atoms with E-state index in [9.17, 15) is 4.79 Å². The Morgan fingerprint density at radius 1 is 1.41 bits per heavy atom. The first-order valence-electron chi connectivity index (χ1n) is 7.90. The minimum Gasteiger partial charge on any atom is -0.497 e. The third-order valence-corrected chi connectivity index (χ3v) is 4.21. The predicted molar refractivity (Wildman–Crippen MR) is 89.9 cm³/mol. The number of methoxy groups -OCH3 is 1. The van der Waals surface area contributed by atoms with Crippen LogP contribution >= 0.6 is 0 Å². The first-order chi connectivity index (χ1) is 10.6. The summed E-state index contributed by atoms with van der Waals surface area (Å²) in [6.07, 6.45) is 4.04. The van der Waals surface area contributed by atoms with Crippen LogP contribution in [0.2, 0.25) is 0 Å². The molecule has 2 rings (SSSR count). The lowest BCUT2D eigenvalue weighted by Crippen LogP contribution is -2.41. The monoisotopic (exact) mass is 302 g/mol. The SMILES string of the molecule is CNCC1CCCN(C(=O)/C=C(\C)c2ccc(OC)cc2)C1. The number of hydrogen-bond donors (Lipinski definition) is 1. The highest BCUT2D eigenvalue weighted by atomic mass is 16.5. The smallest absolute Gasteiger partial charge is 0.246 e.